The van der Waals surface area contributed by atoms with Gasteiger partial charge in [0.25, 0.3) is 5.91 Å². The van der Waals surface area contributed by atoms with Crippen LogP contribution in [0.3, 0.4) is 0 Å². The van der Waals surface area contributed by atoms with Crippen molar-refractivity contribution in [2.75, 3.05) is 5.32 Å². The highest BCUT2D eigenvalue weighted by Crippen LogP contribution is 2.25. The number of carbonyl (C=O) groups is 1. The number of benzene rings is 2. The summed E-state index contributed by atoms with van der Waals surface area (Å²) in [4.78, 5) is 21.4. The molecular formula is C22H16ClN7O. The molecule has 0 bridgehead atoms. The monoisotopic (exact) mass is 429 g/mol. The molecule has 2 aromatic carbocycles. The van der Waals surface area contributed by atoms with Crippen LogP contribution in [0.1, 0.15) is 15.9 Å². The van der Waals surface area contributed by atoms with Gasteiger partial charge < -0.3 is 0 Å². The number of anilines is 1. The number of nitrogens with one attached hydrogen (secondary N) is 2. The molecule has 0 unspecified atom stereocenters. The van der Waals surface area contributed by atoms with Gasteiger partial charge in [0.2, 0.25) is 5.95 Å². The predicted molar refractivity (Wildman–Crippen MR) is 118 cm³/mol. The minimum absolute atomic E-state index is 0.153. The van der Waals surface area contributed by atoms with Crippen LogP contribution in [0.25, 0.3) is 22.4 Å². The van der Waals surface area contributed by atoms with Gasteiger partial charge >= 0.3 is 0 Å². The number of nitrogens with zero attached hydrogens (tertiary/aromatic N) is 5. The first-order chi connectivity index (χ1) is 15.2. The van der Waals surface area contributed by atoms with E-state index in [1.807, 2.05) is 48.5 Å². The molecule has 5 aromatic rings. The quantitative estimate of drug-likeness (QED) is 0.436. The van der Waals surface area contributed by atoms with Crippen LogP contribution in [0.2, 0.25) is 5.02 Å². The van der Waals surface area contributed by atoms with E-state index < -0.39 is 0 Å². The SMILES string of the molecule is O=C(Nc1n[nH]c(-c2ccccc2Cl)n1)c1cnc2c(cnn2Cc2ccccc2)c1. The highest BCUT2D eigenvalue weighted by atomic mass is 35.5. The van der Waals surface area contributed by atoms with E-state index >= 15 is 0 Å². The second-order valence-corrected chi connectivity index (χ2v) is 7.27. The number of halogens is 1. The molecule has 0 aliphatic rings. The van der Waals surface area contributed by atoms with Gasteiger partial charge in [-0.15, -0.1) is 5.10 Å². The highest BCUT2D eigenvalue weighted by Gasteiger charge is 2.14. The second-order valence-electron chi connectivity index (χ2n) is 6.87. The van der Waals surface area contributed by atoms with Gasteiger partial charge in [-0.1, -0.05) is 54.1 Å². The minimum Gasteiger partial charge on any atom is -0.289 e. The Balaban J connectivity index is 1.34. The van der Waals surface area contributed by atoms with Crippen molar-refractivity contribution in [1.82, 2.24) is 29.9 Å². The molecule has 0 radical (unpaired) electrons. The first-order valence-electron chi connectivity index (χ1n) is 9.51. The number of H-pyrrole nitrogens is 1. The third kappa shape index (κ3) is 3.88. The summed E-state index contributed by atoms with van der Waals surface area (Å²) in [6.07, 6.45) is 3.22. The molecule has 5 rings (SSSR count). The Morgan fingerprint density at radius 3 is 2.71 bits per heavy atom. The van der Waals surface area contributed by atoms with Gasteiger partial charge in [0, 0.05) is 17.1 Å². The number of hydrogen-bond acceptors (Lipinski definition) is 5. The fourth-order valence-corrected chi connectivity index (χ4v) is 3.46. The Morgan fingerprint density at radius 2 is 1.87 bits per heavy atom. The van der Waals surface area contributed by atoms with Crippen molar-refractivity contribution in [1.29, 1.82) is 0 Å². The molecule has 3 heterocycles. The van der Waals surface area contributed by atoms with Gasteiger partial charge in [0.15, 0.2) is 11.5 Å². The van der Waals surface area contributed by atoms with Gasteiger partial charge in [-0.2, -0.15) is 10.1 Å². The minimum atomic E-state index is -0.366. The number of carbonyl (C=O) groups excluding carboxylic acids is 1. The fourth-order valence-electron chi connectivity index (χ4n) is 3.23. The molecule has 2 N–H and O–H groups in total. The topological polar surface area (TPSA) is 101 Å². The number of rotatable bonds is 5. The van der Waals surface area contributed by atoms with E-state index in [1.54, 1.807) is 23.0 Å². The Kier molecular flexibility index (Phi) is 4.89. The predicted octanol–water partition coefficient (Wildman–Crippen LogP) is 4.17. The van der Waals surface area contributed by atoms with Crippen molar-refractivity contribution in [3.63, 3.8) is 0 Å². The number of pyridine rings is 1. The summed E-state index contributed by atoms with van der Waals surface area (Å²) >= 11 is 6.19. The molecule has 0 spiro atoms. The van der Waals surface area contributed by atoms with E-state index in [9.17, 15) is 4.79 Å². The lowest BCUT2D eigenvalue weighted by Gasteiger charge is -2.04. The van der Waals surface area contributed by atoms with Crippen molar-refractivity contribution in [2.24, 2.45) is 0 Å². The molecular weight excluding hydrogens is 414 g/mol. The van der Waals surface area contributed by atoms with Gasteiger partial charge in [0.05, 0.1) is 23.3 Å². The third-order valence-electron chi connectivity index (χ3n) is 4.75. The largest absolute Gasteiger partial charge is 0.289 e. The van der Waals surface area contributed by atoms with Crippen molar-refractivity contribution >= 4 is 34.5 Å². The molecule has 0 fully saturated rings. The summed E-state index contributed by atoms with van der Waals surface area (Å²) in [5.41, 5.74) is 2.91. The average Bonchev–Trinajstić information content (AvgIpc) is 3.41. The molecule has 3 aromatic heterocycles. The van der Waals surface area contributed by atoms with Crippen LogP contribution < -0.4 is 5.32 Å². The number of hydrogen-bond donors (Lipinski definition) is 2. The van der Waals surface area contributed by atoms with Crippen LogP contribution in [-0.4, -0.2) is 35.9 Å². The lowest BCUT2D eigenvalue weighted by Crippen LogP contribution is -2.13. The molecule has 0 aliphatic carbocycles. The maximum Gasteiger partial charge on any atom is 0.259 e. The highest BCUT2D eigenvalue weighted by molar-refractivity contribution is 6.33. The van der Waals surface area contributed by atoms with Crippen molar-refractivity contribution in [2.45, 2.75) is 6.54 Å². The molecule has 0 saturated heterocycles. The van der Waals surface area contributed by atoms with Crippen LogP contribution in [0, 0.1) is 0 Å². The lowest BCUT2D eigenvalue weighted by molar-refractivity contribution is 0.102. The van der Waals surface area contributed by atoms with E-state index in [0.717, 1.165) is 10.9 Å². The summed E-state index contributed by atoms with van der Waals surface area (Å²) in [6.45, 7) is 0.602. The van der Waals surface area contributed by atoms with Crippen molar-refractivity contribution in [3.8, 4) is 11.4 Å². The molecule has 8 nitrogen and oxygen atoms in total. The van der Waals surface area contributed by atoms with Gasteiger partial charge in [-0.05, 0) is 23.8 Å². The summed E-state index contributed by atoms with van der Waals surface area (Å²) in [6, 6.07) is 19.0. The van der Waals surface area contributed by atoms with Crippen LogP contribution >= 0.6 is 11.6 Å². The summed E-state index contributed by atoms with van der Waals surface area (Å²) in [5.74, 6) is 0.256. The summed E-state index contributed by atoms with van der Waals surface area (Å²) in [5, 5.41) is 15.2. The second kappa shape index (κ2) is 8.00. The molecule has 31 heavy (non-hydrogen) atoms. The van der Waals surface area contributed by atoms with Crippen LogP contribution in [0.4, 0.5) is 5.95 Å². The smallest absolute Gasteiger partial charge is 0.259 e. The third-order valence-corrected chi connectivity index (χ3v) is 5.08. The number of aromatic amines is 1. The average molecular weight is 430 g/mol. The van der Waals surface area contributed by atoms with Crippen LogP contribution in [-0.2, 0) is 6.54 Å². The Hall–Kier alpha value is -4.04. The summed E-state index contributed by atoms with van der Waals surface area (Å²) < 4.78 is 1.80. The molecule has 0 atom stereocenters. The first kappa shape index (κ1) is 19.0. The zero-order valence-electron chi connectivity index (χ0n) is 16.2. The molecule has 0 aliphatic heterocycles. The Labute approximate surface area is 181 Å². The molecule has 0 saturated carbocycles. The van der Waals surface area contributed by atoms with E-state index in [2.05, 4.69) is 30.6 Å². The normalized spacial score (nSPS) is 11.0. The van der Waals surface area contributed by atoms with Gasteiger partial charge in [-0.3, -0.25) is 15.2 Å². The van der Waals surface area contributed by atoms with E-state index in [-0.39, 0.29) is 11.9 Å². The fraction of sp³-hybridized carbons (Fsp3) is 0.0455. The van der Waals surface area contributed by atoms with E-state index in [1.165, 1.54) is 6.20 Å². The van der Waals surface area contributed by atoms with Crippen LogP contribution in [0.15, 0.2) is 73.1 Å². The molecule has 1 amide bonds. The molecule has 152 valence electrons. The first-order valence-corrected chi connectivity index (χ1v) is 9.89. The summed E-state index contributed by atoms with van der Waals surface area (Å²) in [7, 11) is 0. The zero-order valence-corrected chi connectivity index (χ0v) is 16.9. The van der Waals surface area contributed by atoms with Gasteiger partial charge in [0.1, 0.15) is 0 Å². The standard InChI is InChI=1S/C22H16ClN7O/c23-18-9-5-4-8-17(18)19-26-22(29-28-19)27-21(31)16-10-15-12-25-30(20(15)24-11-16)13-14-6-2-1-3-7-14/h1-12H,13H2,(H2,26,27,28,29,31). The van der Waals surface area contributed by atoms with Crippen LogP contribution in [0.5, 0.6) is 0 Å². The number of aromatic nitrogens is 6. The van der Waals surface area contributed by atoms with Crippen molar-refractivity contribution < 1.29 is 4.79 Å². The number of amides is 1. The number of fused-ring (bicyclic) bond motifs is 1. The lowest BCUT2D eigenvalue weighted by atomic mass is 10.2. The van der Waals surface area contributed by atoms with E-state index in [0.29, 0.717) is 34.2 Å². The van der Waals surface area contributed by atoms with Gasteiger partial charge in [-0.25, -0.2) is 9.67 Å². The van der Waals surface area contributed by atoms with E-state index in [4.69, 9.17) is 11.6 Å². The zero-order chi connectivity index (χ0) is 21.2. The Bertz CT molecular complexity index is 1380. The maximum absolute atomic E-state index is 12.7. The maximum atomic E-state index is 12.7. The molecule has 9 heteroatoms. The Morgan fingerprint density at radius 1 is 1.06 bits per heavy atom. The van der Waals surface area contributed by atoms with Crippen molar-refractivity contribution in [3.05, 3.63) is 89.2 Å².